The van der Waals surface area contributed by atoms with E-state index in [0.29, 0.717) is 18.0 Å². The first-order chi connectivity index (χ1) is 8.11. The highest BCUT2D eigenvalue weighted by Gasteiger charge is 2.34. The van der Waals surface area contributed by atoms with Crippen LogP contribution in [0.1, 0.15) is 33.6 Å². The lowest BCUT2D eigenvalue weighted by Gasteiger charge is -2.27. The molecule has 2 atom stereocenters. The van der Waals surface area contributed by atoms with Crippen LogP contribution >= 0.6 is 0 Å². The second-order valence-electron chi connectivity index (χ2n) is 5.63. The normalized spacial score (nSPS) is 30.4. The van der Waals surface area contributed by atoms with Gasteiger partial charge in [-0.3, -0.25) is 4.90 Å². The van der Waals surface area contributed by atoms with E-state index >= 15 is 0 Å². The van der Waals surface area contributed by atoms with Gasteiger partial charge in [0.25, 0.3) is 0 Å². The molecule has 98 valence electrons. The van der Waals surface area contributed by atoms with Gasteiger partial charge in [-0.15, -0.1) is 0 Å². The topological polar surface area (TPSA) is 35.6 Å². The van der Waals surface area contributed by atoms with Crippen molar-refractivity contribution < 1.29 is 4.79 Å². The quantitative estimate of drug-likeness (QED) is 0.807. The van der Waals surface area contributed by atoms with Gasteiger partial charge in [0.2, 0.25) is 0 Å². The lowest BCUT2D eigenvalue weighted by molar-refractivity contribution is 0.185. The van der Waals surface area contributed by atoms with E-state index in [-0.39, 0.29) is 6.03 Å². The van der Waals surface area contributed by atoms with E-state index in [1.165, 1.54) is 19.4 Å². The molecule has 0 aromatic rings. The van der Waals surface area contributed by atoms with Crippen molar-refractivity contribution in [2.75, 3.05) is 26.2 Å². The number of rotatable bonds is 4. The summed E-state index contributed by atoms with van der Waals surface area (Å²) in [5, 5.41) is 3.08. The van der Waals surface area contributed by atoms with Crippen molar-refractivity contribution in [2.45, 2.75) is 45.7 Å². The molecule has 2 saturated heterocycles. The number of nitrogens with zero attached hydrogens (tertiary/aromatic N) is 2. The monoisotopic (exact) mass is 239 g/mol. The van der Waals surface area contributed by atoms with Gasteiger partial charge < -0.3 is 10.2 Å². The SMILES string of the molecule is CCN1CCCC1CN1CC(C(C)C)NC1=O. The van der Waals surface area contributed by atoms with E-state index in [0.717, 1.165) is 19.6 Å². The third kappa shape index (κ3) is 2.73. The Morgan fingerprint density at radius 3 is 2.82 bits per heavy atom. The largest absolute Gasteiger partial charge is 0.333 e. The van der Waals surface area contributed by atoms with Crippen molar-refractivity contribution in [3.05, 3.63) is 0 Å². The van der Waals surface area contributed by atoms with Gasteiger partial charge in [0.1, 0.15) is 0 Å². The zero-order valence-electron chi connectivity index (χ0n) is 11.3. The fraction of sp³-hybridized carbons (Fsp3) is 0.923. The van der Waals surface area contributed by atoms with Crippen molar-refractivity contribution in [3.8, 4) is 0 Å². The van der Waals surface area contributed by atoms with Crippen LogP contribution < -0.4 is 5.32 Å². The van der Waals surface area contributed by atoms with Crippen LogP contribution in [0.4, 0.5) is 4.79 Å². The van der Waals surface area contributed by atoms with Gasteiger partial charge in [0, 0.05) is 19.1 Å². The summed E-state index contributed by atoms with van der Waals surface area (Å²) in [6.07, 6.45) is 2.52. The number of likely N-dealkylation sites (tertiary alicyclic amines) is 1. The zero-order chi connectivity index (χ0) is 12.4. The maximum Gasteiger partial charge on any atom is 0.317 e. The maximum absolute atomic E-state index is 11.9. The van der Waals surface area contributed by atoms with Gasteiger partial charge in [0.15, 0.2) is 0 Å². The number of hydrogen-bond donors (Lipinski definition) is 1. The van der Waals surface area contributed by atoms with Gasteiger partial charge in [-0.2, -0.15) is 0 Å². The highest BCUT2D eigenvalue weighted by Crippen LogP contribution is 2.20. The molecule has 2 amide bonds. The lowest BCUT2D eigenvalue weighted by Crippen LogP contribution is -2.41. The summed E-state index contributed by atoms with van der Waals surface area (Å²) in [5.41, 5.74) is 0. The second-order valence-corrected chi connectivity index (χ2v) is 5.63. The Hall–Kier alpha value is -0.770. The summed E-state index contributed by atoms with van der Waals surface area (Å²) in [6.45, 7) is 10.6. The highest BCUT2D eigenvalue weighted by atomic mass is 16.2. The summed E-state index contributed by atoms with van der Waals surface area (Å²) in [6, 6.07) is 1.04. The molecule has 4 nitrogen and oxygen atoms in total. The molecular weight excluding hydrogens is 214 g/mol. The molecule has 2 aliphatic heterocycles. The molecule has 0 bridgehead atoms. The first-order valence-corrected chi connectivity index (χ1v) is 6.91. The number of hydrogen-bond acceptors (Lipinski definition) is 2. The van der Waals surface area contributed by atoms with Crippen molar-refractivity contribution in [1.29, 1.82) is 0 Å². The Morgan fingerprint density at radius 1 is 1.47 bits per heavy atom. The minimum atomic E-state index is 0.131. The molecule has 1 N–H and O–H groups in total. The molecule has 2 heterocycles. The Kier molecular flexibility index (Phi) is 3.92. The number of likely N-dealkylation sites (N-methyl/N-ethyl adjacent to an activating group) is 1. The van der Waals surface area contributed by atoms with Crippen LogP contribution in [0, 0.1) is 5.92 Å². The smallest absolute Gasteiger partial charge is 0.317 e. The van der Waals surface area contributed by atoms with Gasteiger partial charge in [-0.25, -0.2) is 4.79 Å². The number of carbonyl (C=O) groups excluding carboxylic acids is 1. The third-order valence-electron chi connectivity index (χ3n) is 4.15. The van der Waals surface area contributed by atoms with E-state index in [9.17, 15) is 4.79 Å². The van der Waals surface area contributed by atoms with E-state index in [1.807, 2.05) is 4.90 Å². The molecule has 0 radical (unpaired) electrons. The summed E-state index contributed by atoms with van der Waals surface area (Å²) < 4.78 is 0. The predicted molar refractivity (Wildman–Crippen MR) is 69.0 cm³/mol. The van der Waals surface area contributed by atoms with Crippen LogP contribution in [0.3, 0.4) is 0 Å². The molecule has 2 rings (SSSR count). The predicted octanol–water partition coefficient (Wildman–Crippen LogP) is 1.52. The molecule has 2 fully saturated rings. The molecule has 0 aromatic carbocycles. The number of carbonyl (C=O) groups is 1. The Balaban J connectivity index is 1.89. The second kappa shape index (κ2) is 5.25. The van der Waals surface area contributed by atoms with Crippen LogP contribution in [-0.2, 0) is 0 Å². The van der Waals surface area contributed by atoms with Crippen molar-refractivity contribution in [2.24, 2.45) is 5.92 Å². The van der Waals surface area contributed by atoms with Crippen LogP contribution in [0.5, 0.6) is 0 Å². The molecule has 17 heavy (non-hydrogen) atoms. The van der Waals surface area contributed by atoms with E-state index in [2.05, 4.69) is 31.0 Å². The fourth-order valence-electron chi connectivity index (χ4n) is 2.92. The molecule has 4 heteroatoms. The summed E-state index contributed by atoms with van der Waals surface area (Å²) in [5.74, 6) is 0.523. The standard InChI is InChI=1S/C13H25N3O/c1-4-15-7-5-6-11(15)8-16-9-12(10(2)3)14-13(16)17/h10-12H,4-9H2,1-3H3,(H,14,17). The number of nitrogens with one attached hydrogen (secondary N) is 1. The molecule has 2 aliphatic rings. The summed E-state index contributed by atoms with van der Waals surface area (Å²) in [4.78, 5) is 16.4. The minimum Gasteiger partial charge on any atom is -0.333 e. The molecule has 0 aromatic heterocycles. The first kappa shape index (κ1) is 12.7. The van der Waals surface area contributed by atoms with Gasteiger partial charge in [0.05, 0.1) is 6.04 Å². The lowest BCUT2D eigenvalue weighted by atomic mass is 10.1. The van der Waals surface area contributed by atoms with Crippen LogP contribution in [0.15, 0.2) is 0 Å². The summed E-state index contributed by atoms with van der Waals surface area (Å²) >= 11 is 0. The highest BCUT2D eigenvalue weighted by molar-refractivity contribution is 5.77. The van der Waals surface area contributed by atoms with E-state index < -0.39 is 0 Å². The average Bonchev–Trinajstić information content (AvgIpc) is 2.87. The van der Waals surface area contributed by atoms with Crippen LogP contribution in [0.2, 0.25) is 0 Å². The Labute approximate surface area is 104 Å². The number of urea groups is 1. The molecule has 0 spiro atoms. The van der Waals surface area contributed by atoms with E-state index in [1.54, 1.807) is 0 Å². The van der Waals surface area contributed by atoms with Gasteiger partial charge in [-0.1, -0.05) is 20.8 Å². The van der Waals surface area contributed by atoms with Crippen LogP contribution in [0.25, 0.3) is 0 Å². The third-order valence-corrected chi connectivity index (χ3v) is 4.15. The molecule has 2 unspecified atom stereocenters. The Morgan fingerprint density at radius 2 is 2.24 bits per heavy atom. The fourth-order valence-corrected chi connectivity index (χ4v) is 2.92. The van der Waals surface area contributed by atoms with Crippen molar-refractivity contribution in [1.82, 2.24) is 15.1 Å². The number of amides is 2. The minimum absolute atomic E-state index is 0.131. The molecule has 0 saturated carbocycles. The zero-order valence-corrected chi connectivity index (χ0v) is 11.3. The van der Waals surface area contributed by atoms with Crippen molar-refractivity contribution in [3.63, 3.8) is 0 Å². The van der Waals surface area contributed by atoms with E-state index in [4.69, 9.17) is 0 Å². The van der Waals surface area contributed by atoms with Gasteiger partial charge >= 0.3 is 6.03 Å². The molecule has 0 aliphatic carbocycles. The average molecular weight is 239 g/mol. The van der Waals surface area contributed by atoms with Gasteiger partial charge in [-0.05, 0) is 31.8 Å². The van der Waals surface area contributed by atoms with Crippen molar-refractivity contribution >= 4 is 6.03 Å². The first-order valence-electron chi connectivity index (χ1n) is 6.91. The summed E-state index contributed by atoms with van der Waals surface area (Å²) in [7, 11) is 0. The maximum atomic E-state index is 11.9. The molecular formula is C13H25N3O. The van der Waals surface area contributed by atoms with Crippen LogP contribution in [-0.4, -0.2) is 54.1 Å². The Bertz CT molecular complexity index is 280.